The van der Waals surface area contributed by atoms with Crippen LogP contribution in [0.25, 0.3) is 0 Å². The minimum atomic E-state index is 0.125. The van der Waals surface area contributed by atoms with Crippen LogP contribution in [-0.4, -0.2) is 21.7 Å². The first-order valence-electron chi connectivity index (χ1n) is 5.02. The summed E-state index contributed by atoms with van der Waals surface area (Å²) in [5, 5.41) is 19.0. The predicted octanol–water partition coefficient (Wildman–Crippen LogP) is 3.36. The van der Waals surface area contributed by atoms with Crippen molar-refractivity contribution < 1.29 is 10.2 Å². The summed E-state index contributed by atoms with van der Waals surface area (Å²) in [4.78, 5) is 0. The van der Waals surface area contributed by atoms with E-state index >= 15 is 0 Å². The largest absolute Gasteiger partial charge is 0.508 e. The first-order valence-corrected chi connectivity index (χ1v) is 7.12. The van der Waals surface area contributed by atoms with Crippen LogP contribution >= 0.6 is 23.5 Å². The van der Waals surface area contributed by atoms with Crippen molar-refractivity contribution in [2.45, 2.75) is 17.4 Å². The van der Waals surface area contributed by atoms with Gasteiger partial charge in [0.2, 0.25) is 0 Å². The van der Waals surface area contributed by atoms with Crippen LogP contribution in [0.4, 0.5) is 0 Å². The van der Waals surface area contributed by atoms with Crippen molar-refractivity contribution in [3.05, 3.63) is 23.8 Å². The third kappa shape index (κ3) is 2.75. The normalized spacial score (nSPS) is 18.7. The van der Waals surface area contributed by atoms with Gasteiger partial charge in [0, 0.05) is 11.6 Å². The summed E-state index contributed by atoms with van der Waals surface area (Å²) in [5.41, 5.74) is 0.935. The summed E-state index contributed by atoms with van der Waals surface area (Å²) >= 11 is 3.76. The number of rotatable bonds is 1. The number of aromatic hydroxyl groups is 2. The zero-order valence-corrected chi connectivity index (χ0v) is 9.98. The molecule has 0 radical (unpaired) electrons. The van der Waals surface area contributed by atoms with E-state index in [1.165, 1.54) is 18.9 Å². The Bertz CT molecular complexity index is 333. The van der Waals surface area contributed by atoms with E-state index in [4.69, 9.17) is 0 Å². The van der Waals surface area contributed by atoms with Crippen molar-refractivity contribution in [2.75, 3.05) is 11.5 Å². The minimum Gasteiger partial charge on any atom is -0.508 e. The van der Waals surface area contributed by atoms with Gasteiger partial charge in [0.15, 0.2) is 0 Å². The molecule has 0 aliphatic carbocycles. The van der Waals surface area contributed by atoms with Gasteiger partial charge < -0.3 is 10.2 Å². The highest BCUT2D eigenvalue weighted by atomic mass is 32.2. The molecule has 2 rings (SSSR count). The molecular weight excluding hydrogens is 228 g/mol. The molecule has 0 spiro atoms. The lowest BCUT2D eigenvalue weighted by atomic mass is 10.2. The molecule has 0 unspecified atom stereocenters. The van der Waals surface area contributed by atoms with Gasteiger partial charge in [0.1, 0.15) is 11.5 Å². The maximum atomic E-state index is 9.75. The highest BCUT2D eigenvalue weighted by molar-refractivity contribution is 8.16. The molecule has 1 heterocycles. The van der Waals surface area contributed by atoms with Gasteiger partial charge >= 0.3 is 0 Å². The Balaban J connectivity index is 2.19. The fraction of sp³-hybridized carbons (Fsp3) is 0.455. The SMILES string of the molecule is Oc1ccc(C2SCCCCS2)c(O)c1. The molecule has 0 amide bonds. The molecule has 15 heavy (non-hydrogen) atoms. The predicted molar refractivity (Wildman–Crippen MR) is 66.7 cm³/mol. The van der Waals surface area contributed by atoms with Crippen molar-refractivity contribution in [3.63, 3.8) is 0 Å². The minimum absolute atomic E-state index is 0.125. The zero-order chi connectivity index (χ0) is 10.7. The van der Waals surface area contributed by atoms with E-state index < -0.39 is 0 Å². The molecular formula is C11H14O2S2. The van der Waals surface area contributed by atoms with Crippen molar-refractivity contribution in [1.82, 2.24) is 0 Å². The Kier molecular flexibility index (Phi) is 3.70. The van der Waals surface area contributed by atoms with Crippen molar-refractivity contribution in [3.8, 4) is 11.5 Å². The molecule has 1 aliphatic heterocycles. The van der Waals surface area contributed by atoms with Gasteiger partial charge in [0.05, 0.1) is 4.58 Å². The Morgan fingerprint density at radius 3 is 2.33 bits per heavy atom. The molecule has 1 aromatic rings. The first-order chi connectivity index (χ1) is 7.27. The lowest BCUT2D eigenvalue weighted by molar-refractivity contribution is 0.447. The second kappa shape index (κ2) is 5.03. The first kappa shape index (κ1) is 11.0. The monoisotopic (exact) mass is 242 g/mol. The standard InChI is InChI=1S/C11H14O2S2/c12-8-3-4-9(10(13)7-8)11-14-5-1-2-6-15-11/h3-4,7,11-13H,1-2,5-6H2. The van der Waals surface area contributed by atoms with Gasteiger partial charge in [-0.25, -0.2) is 0 Å². The number of benzene rings is 1. The van der Waals surface area contributed by atoms with Crippen LogP contribution in [0.5, 0.6) is 11.5 Å². The summed E-state index contributed by atoms with van der Waals surface area (Å²) in [6.07, 6.45) is 2.51. The van der Waals surface area contributed by atoms with E-state index in [0.29, 0.717) is 4.58 Å². The fourth-order valence-electron chi connectivity index (χ4n) is 1.54. The highest BCUT2D eigenvalue weighted by Gasteiger charge is 2.18. The van der Waals surface area contributed by atoms with Gasteiger partial charge in [-0.3, -0.25) is 0 Å². The number of phenolic OH excluding ortho intramolecular Hbond substituents is 2. The third-order valence-electron chi connectivity index (χ3n) is 2.35. The lowest BCUT2D eigenvalue weighted by Gasteiger charge is -2.14. The molecule has 0 bridgehead atoms. The van der Waals surface area contributed by atoms with E-state index in [1.807, 2.05) is 29.6 Å². The molecule has 1 fully saturated rings. The van der Waals surface area contributed by atoms with Crippen LogP contribution in [-0.2, 0) is 0 Å². The summed E-state index contributed by atoms with van der Waals surface area (Å²) in [7, 11) is 0. The molecule has 2 N–H and O–H groups in total. The van der Waals surface area contributed by atoms with E-state index in [0.717, 1.165) is 17.1 Å². The molecule has 0 saturated carbocycles. The molecule has 1 aromatic carbocycles. The van der Waals surface area contributed by atoms with Gasteiger partial charge in [-0.1, -0.05) is 0 Å². The average Bonchev–Trinajstić information content (AvgIpc) is 2.46. The molecule has 0 aromatic heterocycles. The average molecular weight is 242 g/mol. The number of hydrogen-bond donors (Lipinski definition) is 2. The summed E-state index contributed by atoms with van der Waals surface area (Å²) in [5.74, 6) is 2.64. The van der Waals surface area contributed by atoms with E-state index in [1.54, 1.807) is 6.07 Å². The molecule has 0 atom stereocenters. The maximum Gasteiger partial charge on any atom is 0.124 e. The Morgan fingerprint density at radius 2 is 1.73 bits per heavy atom. The second-order valence-electron chi connectivity index (χ2n) is 3.52. The third-order valence-corrected chi connectivity index (χ3v) is 5.32. The maximum absolute atomic E-state index is 9.75. The fourth-order valence-corrected chi connectivity index (χ4v) is 4.43. The lowest BCUT2D eigenvalue weighted by Crippen LogP contribution is -1.90. The number of phenols is 2. The van der Waals surface area contributed by atoms with E-state index in [9.17, 15) is 10.2 Å². The van der Waals surface area contributed by atoms with Crippen molar-refractivity contribution in [2.24, 2.45) is 0 Å². The zero-order valence-electron chi connectivity index (χ0n) is 8.35. The smallest absolute Gasteiger partial charge is 0.124 e. The van der Waals surface area contributed by atoms with Gasteiger partial charge in [-0.05, 0) is 36.5 Å². The number of thioether (sulfide) groups is 2. The van der Waals surface area contributed by atoms with Crippen LogP contribution < -0.4 is 0 Å². The van der Waals surface area contributed by atoms with Gasteiger partial charge in [0.25, 0.3) is 0 Å². The van der Waals surface area contributed by atoms with Crippen molar-refractivity contribution in [1.29, 1.82) is 0 Å². The second-order valence-corrected chi connectivity index (χ2v) is 6.25. The van der Waals surface area contributed by atoms with Crippen LogP contribution in [0.1, 0.15) is 23.0 Å². The Hall–Kier alpha value is -0.480. The summed E-state index contributed by atoms with van der Waals surface area (Å²) < 4.78 is 0.313. The number of hydrogen-bond acceptors (Lipinski definition) is 4. The highest BCUT2D eigenvalue weighted by Crippen LogP contribution is 2.46. The van der Waals surface area contributed by atoms with E-state index in [2.05, 4.69) is 0 Å². The van der Waals surface area contributed by atoms with Crippen LogP contribution in [0.2, 0.25) is 0 Å². The molecule has 2 nitrogen and oxygen atoms in total. The van der Waals surface area contributed by atoms with Gasteiger partial charge in [-0.2, -0.15) is 0 Å². The topological polar surface area (TPSA) is 40.5 Å². The Morgan fingerprint density at radius 1 is 1.07 bits per heavy atom. The quantitative estimate of drug-likeness (QED) is 0.792. The Labute approximate surface area is 98.1 Å². The van der Waals surface area contributed by atoms with Gasteiger partial charge in [-0.15, -0.1) is 23.5 Å². The molecule has 82 valence electrons. The molecule has 1 aliphatic rings. The van der Waals surface area contributed by atoms with Crippen LogP contribution in [0, 0.1) is 0 Å². The van der Waals surface area contributed by atoms with Crippen LogP contribution in [0.3, 0.4) is 0 Å². The summed E-state index contributed by atoms with van der Waals surface area (Å²) in [6.45, 7) is 0. The summed E-state index contributed by atoms with van der Waals surface area (Å²) in [6, 6.07) is 4.88. The van der Waals surface area contributed by atoms with Crippen molar-refractivity contribution >= 4 is 23.5 Å². The van der Waals surface area contributed by atoms with Crippen LogP contribution in [0.15, 0.2) is 18.2 Å². The van der Waals surface area contributed by atoms with E-state index in [-0.39, 0.29) is 11.5 Å². The molecule has 1 saturated heterocycles. The molecule has 4 heteroatoms.